The number of hydrogen-bond acceptors (Lipinski definition) is 4. The van der Waals surface area contributed by atoms with E-state index in [1.54, 1.807) is 25.4 Å². The minimum atomic E-state index is -0.380. The van der Waals surface area contributed by atoms with Gasteiger partial charge in [0, 0.05) is 32.1 Å². The van der Waals surface area contributed by atoms with Gasteiger partial charge in [0.05, 0.1) is 19.2 Å². The summed E-state index contributed by atoms with van der Waals surface area (Å²) in [6.45, 7) is 4.54. The quantitative estimate of drug-likeness (QED) is 0.851. The van der Waals surface area contributed by atoms with Crippen molar-refractivity contribution in [3.05, 3.63) is 30.7 Å². The summed E-state index contributed by atoms with van der Waals surface area (Å²) in [4.78, 5) is 27.2. The molecule has 1 heterocycles. The first-order valence-corrected chi connectivity index (χ1v) is 7.82. The molecule has 0 aromatic heterocycles. The number of nitrogens with two attached hydrogens (primary N) is 1. The lowest BCUT2D eigenvalue weighted by Gasteiger charge is -2.36. The van der Waals surface area contributed by atoms with E-state index in [9.17, 15) is 9.59 Å². The van der Waals surface area contributed by atoms with Gasteiger partial charge in [-0.05, 0) is 18.6 Å². The number of rotatable bonds is 6. The summed E-state index contributed by atoms with van der Waals surface area (Å²) in [5, 5.41) is 0. The zero-order chi connectivity index (χ0) is 16.8. The summed E-state index contributed by atoms with van der Waals surface area (Å²) >= 11 is 0. The highest BCUT2D eigenvalue weighted by atomic mass is 16.5. The van der Waals surface area contributed by atoms with Crippen LogP contribution in [0.4, 0.5) is 5.69 Å². The normalized spacial score (nSPS) is 16.1. The van der Waals surface area contributed by atoms with Gasteiger partial charge in [-0.25, -0.2) is 0 Å². The van der Waals surface area contributed by atoms with E-state index in [1.165, 1.54) is 0 Å². The zero-order valence-electron chi connectivity index (χ0n) is 13.7. The number of primary amides is 1. The molecule has 2 amide bonds. The minimum Gasteiger partial charge on any atom is -0.495 e. The van der Waals surface area contributed by atoms with Crippen molar-refractivity contribution in [1.82, 2.24) is 4.90 Å². The number of hydrogen-bond donors (Lipinski definition) is 1. The van der Waals surface area contributed by atoms with Crippen LogP contribution in [0.1, 0.15) is 13.3 Å². The molecule has 0 unspecified atom stereocenters. The Morgan fingerprint density at radius 1 is 1.26 bits per heavy atom. The number of ether oxygens (including phenoxy) is 1. The fourth-order valence-corrected chi connectivity index (χ4v) is 2.58. The Hall–Kier alpha value is -2.24. The van der Waals surface area contributed by atoms with Gasteiger partial charge < -0.3 is 20.3 Å². The van der Waals surface area contributed by atoms with Crippen LogP contribution in [-0.2, 0) is 9.59 Å². The van der Waals surface area contributed by atoms with Crippen molar-refractivity contribution in [2.45, 2.75) is 13.3 Å². The van der Waals surface area contributed by atoms with Crippen LogP contribution in [-0.4, -0.2) is 50.0 Å². The summed E-state index contributed by atoms with van der Waals surface area (Å²) in [5.74, 6) is 0.121. The van der Waals surface area contributed by atoms with Gasteiger partial charge >= 0.3 is 0 Å². The molecule has 0 bridgehead atoms. The van der Waals surface area contributed by atoms with Crippen molar-refractivity contribution in [3.8, 4) is 5.75 Å². The van der Waals surface area contributed by atoms with Crippen LogP contribution in [0.15, 0.2) is 24.3 Å². The number of anilines is 1. The van der Waals surface area contributed by atoms with Gasteiger partial charge in [-0.2, -0.15) is 0 Å². The molecule has 125 valence electrons. The van der Waals surface area contributed by atoms with E-state index in [-0.39, 0.29) is 17.7 Å². The minimum absolute atomic E-state index is 0.0298. The summed E-state index contributed by atoms with van der Waals surface area (Å²) in [6.07, 6.45) is 1.95. The van der Waals surface area contributed by atoms with Crippen molar-refractivity contribution >= 4 is 17.5 Å². The molecule has 1 aliphatic heterocycles. The topological polar surface area (TPSA) is 75.9 Å². The average Bonchev–Trinajstić information content (AvgIpc) is 2.59. The monoisotopic (exact) mass is 318 g/mol. The number of para-hydroxylation sites is 2. The van der Waals surface area contributed by atoms with Gasteiger partial charge in [0.2, 0.25) is 11.8 Å². The predicted molar refractivity (Wildman–Crippen MR) is 89.1 cm³/mol. The van der Waals surface area contributed by atoms with Crippen LogP contribution < -0.4 is 15.4 Å². The van der Waals surface area contributed by atoms with Gasteiger partial charge in [0.15, 0.2) is 0 Å². The maximum atomic E-state index is 12.2. The first-order valence-electron chi connectivity index (χ1n) is 7.82. The number of amides is 2. The van der Waals surface area contributed by atoms with Crippen LogP contribution in [0.5, 0.6) is 5.75 Å². The van der Waals surface area contributed by atoms with Crippen molar-refractivity contribution in [2.75, 3.05) is 38.2 Å². The van der Waals surface area contributed by atoms with Crippen molar-refractivity contribution < 1.29 is 14.3 Å². The largest absolute Gasteiger partial charge is 0.495 e. The third-order valence-electron chi connectivity index (χ3n) is 4.15. The molecule has 0 saturated carbocycles. The van der Waals surface area contributed by atoms with Crippen molar-refractivity contribution in [1.29, 1.82) is 0 Å². The zero-order valence-corrected chi connectivity index (χ0v) is 13.7. The Morgan fingerprint density at radius 2 is 1.91 bits per heavy atom. The molecule has 6 nitrogen and oxygen atoms in total. The van der Waals surface area contributed by atoms with Gasteiger partial charge in [-0.1, -0.05) is 19.1 Å². The van der Waals surface area contributed by atoms with E-state index < -0.39 is 0 Å². The molecule has 1 aromatic rings. The highest BCUT2D eigenvalue weighted by Crippen LogP contribution is 2.28. The van der Waals surface area contributed by atoms with E-state index in [0.717, 1.165) is 24.5 Å². The maximum Gasteiger partial charge on any atom is 0.226 e. The summed E-state index contributed by atoms with van der Waals surface area (Å²) < 4.78 is 5.39. The third kappa shape index (κ3) is 4.37. The molecule has 0 aliphatic carbocycles. The summed E-state index contributed by atoms with van der Waals surface area (Å²) in [5.41, 5.74) is 6.26. The lowest BCUT2D eigenvalue weighted by atomic mass is 10.0. The standard InChI is InChI=1S/C17H24N3O3/c1-13(17(18)22)7-8-16(21)20-11-9-19(10-12-20)14-5-3-4-6-15(14)23-2/h3-6,8,13H,7,9-12H2,1-2H3,(H2,18,22)/t13-/m0/s1. The van der Waals surface area contributed by atoms with Crippen molar-refractivity contribution in [3.63, 3.8) is 0 Å². The molecule has 2 rings (SSSR count). The number of carbonyl (C=O) groups excluding carboxylic acids is 2. The molecule has 23 heavy (non-hydrogen) atoms. The molecule has 1 radical (unpaired) electrons. The van der Waals surface area contributed by atoms with Gasteiger partial charge in [0.25, 0.3) is 0 Å². The Balaban J connectivity index is 1.86. The molecule has 0 spiro atoms. The van der Waals surface area contributed by atoms with Crippen LogP contribution in [0.2, 0.25) is 0 Å². The molecule has 1 fully saturated rings. The van der Waals surface area contributed by atoms with Crippen molar-refractivity contribution in [2.24, 2.45) is 11.7 Å². The Labute approximate surface area is 137 Å². The van der Waals surface area contributed by atoms with E-state index >= 15 is 0 Å². The van der Waals surface area contributed by atoms with E-state index in [4.69, 9.17) is 10.5 Å². The lowest BCUT2D eigenvalue weighted by Crippen LogP contribution is -2.49. The highest BCUT2D eigenvalue weighted by molar-refractivity contribution is 5.86. The molecule has 1 aliphatic rings. The third-order valence-corrected chi connectivity index (χ3v) is 4.15. The lowest BCUT2D eigenvalue weighted by molar-refractivity contribution is -0.128. The van der Waals surface area contributed by atoms with Gasteiger partial charge in [-0.15, -0.1) is 0 Å². The fourth-order valence-electron chi connectivity index (χ4n) is 2.58. The average molecular weight is 318 g/mol. The van der Waals surface area contributed by atoms with Crippen LogP contribution in [0.25, 0.3) is 0 Å². The maximum absolute atomic E-state index is 12.2. The molecule has 1 saturated heterocycles. The van der Waals surface area contributed by atoms with Crippen LogP contribution in [0, 0.1) is 12.3 Å². The number of benzene rings is 1. The summed E-state index contributed by atoms with van der Waals surface area (Å²) in [6, 6.07) is 7.88. The Bertz CT molecular complexity index is 554. The molecule has 1 aromatic carbocycles. The first kappa shape index (κ1) is 17.1. The SMILES string of the molecule is COc1ccccc1N1CCN(C(=O)[CH]C[C@H](C)C(N)=O)CC1. The molecule has 6 heteroatoms. The number of nitrogens with zero attached hydrogens (tertiary/aromatic N) is 2. The molecule has 2 N–H and O–H groups in total. The van der Waals surface area contributed by atoms with Gasteiger partial charge in [0.1, 0.15) is 5.75 Å². The number of carbonyl (C=O) groups is 2. The van der Waals surface area contributed by atoms with E-state index in [1.807, 2.05) is 24.3 Å². The van der Waals surface area contributed by atoms with Crippen LogP contribution in [0.3, 0.4) is 0 Å². The predicted octanol–water partition coefficient (Wildman–Crippen LogP) is 1.06. The van der Waals surface area contributed by atoms with E-state index in [0.29, 0.717) is 19.5 Å². The second kappa shape index (κ2) is 7.85. The van der Waals surface area contributed by atoms with E-state index in [2.05, 4.69) is 4.90 Å². The fraction of sp³-hybridized carbons (Fsp3) is 0.471. The molecule has 1 atom stereocenters. The summed E-state index contributed by atoms with van der Waals surface area (Å²) in [7, 11) is 1.66. The number of piperazine rings is 1. The van der Waals surface area contributed by atoms with Crippen LogP contribution >= 0.6 is 0 Å². The Kier molecular flexibility index (Phi) is 5.84. The first-order chi connectivity index (χ1) is 11.0. The Morgan fingerprint density at radius 3 is 2.52 bits per heavy atom. The van der Waals surface area contributed by atoms with Gasteiger partial charge in [-0.3, -0.25) is 9.59 Å². The molecular weight excluding hydrogens is 294 g/mol. The highest BCUT2D eigenvalue weighted by Gasteiger charge is 2.23. The molecular formula is C17H24N3O3. The second-order valence-corrected chi connectivity index (χ2v) is 5.73. The second-order valence-electron chi connectivity index (χ2n) is 5.73. The smallest absolute Gasteiger partial charge is 0.226 e. The number of methoxy groups -OCH3 is 1.